The molecule has 2 N–H and O–H groups in total. The Balaban J connectivity index is 2.26. The number of rotatable bonds is 10. The van der Waals surface area contributed by atoms with Crippen molar-refractivity contribution >= 4 is 6.08 Å². The summed E-state index contributed by atoms with van der Waals surface area (Å²) in [6.07, 6.45) is 3.22. The molecular weight excluding hydrogens is 360 g/mol. The largest absolute Gasteiger partial charge is 0.496 e. The van der Waals surface area contributed by atoms with E-state index in [0.717, 1.165) is 5.56 Å². The van der Waals surface area contributed by atoms with Gasteiger partial charge in [-0.3, -0.25) is 0 Å². The fourth-order valence-electron chi connectivity index (χ4n) is 3.12. The third-order valence-corrected chi connectivity index (χ3v) is 4.63. The zero-order valence-corrected chi connectivity index (χ0v) is 16.7. The van der Waals surface area contributed by atoms with E-state index in [-0.39, 0.29) is 6.61 Å². The lowest BCUT2D eigenvalue weighted by Crippen LogP contribution is -2.17. The predicted octanol–water partition coefficient (Wildman–Crippen LogP) is 3.47. The first-order valence-electron chi connectivity index (χ1n) is 8.98. The average molecular weight is 388 g/mol. The molecule has 0 spiro atoms. The van der Waals surface area contributed by atoms with Crippen molar-refractivity contribution in [3.8, 4) is 23.0 Å². The maximum atomic E-state index is 10.9. The first-order chi connectivity index (χ1) is 13.6. The van der Waals surface area contributed by atoms with E-state index >= 15 is 0 Å². The van der Waals surface area contributed by atoms with Crippen molar-refractivity contribution < 1.29 is 29.2 Å². The molecule has 0 fully saturated rings. The Kier molecular flexibility index (Phi) is 8.17. The van der Waals surface area contributed by atoms with E-state index < -0.39 is 12.0 Å². The highest BCUT2D eigenvalue weighted by atomic mass is 16.5. The van der Waals surface area contributed by atoms with Gasteiger partial charge in [-0.2, -0.15) is 0 Å². The van der Waals surface area contributed by atoms with Gasteiger partial charge in [-0.15, -0.1) is 0 Å². The maximum absolute atomic E-state index is 10.9. The van der Waals surface area contributed by atoms with Gasteiger partial charge >= 0.3 is 0 Å². The number of benzene rings is 2. The first kappa shape index (κ1) is 21.6. The normalized spacial score (nSPS) is 13.2. The molecule has 6 heteroatoms. The summed E-state index contributed by atoms with van der Waals surface area (Å²) in [5.41, 5.74) is 1.32. The van der Waals surface area contributed by atoms with Gasteiger partial charge in [0.2, 0.25) is 0 Å². The number of hydrogen-bond acceptors (Lipinski definition) is 6. The van der Waals surface area contributed by atoms with Crippen molar-refractivity contribution in [2.24, 2.45) is 5.92 Å². The molecule has 0 amide bonds. The minimum atomic E-state index is -0.958. The summed E-state index contributed by atoms with van der Waals surface area (Å²) in [6.45, 7) is -0.199. The number of ether oxygens (including phenoxy) is 4. The molecule has 6 nitrogen and oxygen atoms in total. The molecule has 0 unspecified atom stereocenters. The van der Waals surface area contributed by atoms with Crippen LogP contribution >= 0.6 is 0 Å². The van der Waals surface area contributed by atoms with Crippen molar-refractivity contribution in [1.29, 1.82) is 0 Å². The number of hydrogen-bond donors (Lipinski definition) is 2. The summed E-state index contributed by atoms with van der Waals surface area (Å²) in [7, 11) is 6.26. The van der Waals surface area contributed by atoms with Gasteiger partial charge in [-0.1, -0.05) is 24.3 Å². The Morgan fingerprint density at radius 1 is 0.821 bits per heavy atom. The standard InChI is InChI=1S/C22H28O6/c1-25-17-10-6-11-18(26-2)16(17)9-5-8-15(14-23)22(24)21-19(27-3)12-7-13-20(21)28-4/h5-7,9-13,15,22-24H,8,14H2,1-4H3/b9-5+/t15-,22-/m1/s1. The summed E-state index contributed by atoms with van der Waals surface area (Å²) in [4.78, 5) is 0. The van der Waals surface area contributed by atoms with E-state index in [1.807, 2.05) is 30.4 Å². The highest BCUT2D eigenvalue weighted by molar-refractivity contribution is 5.64. The summed E-state index contributed by atoms with van der Waals surface area (Å²) >= 11 is 0. The fraction of sp³-hybridized carbons (Fsp3) is 0.364. The number of allylic oxidation sites excluding steroid dienone is 1. The summed E-state index contributed by atoms with van der Waals surface area (Å²) in [6, 6.07) is 10.8. The Labute approximate surface area is 165 Å². The topological polar surface area (TPSA) is 77.4 Å². The van der Waals surface area contributed by atoms with Crippen molar-refractivity contribution in [3.63, 3.8) is 0 Å². The SMILES string of the molecule is COc1cccc(OC)c1/C=C/C[C@H](CO)[C@@H](O)c1c(OC)cccc1OC. The van der Waals surface area contributed by atoms with Gasteiger partial charge in [0.05, 0.1) is 45.7 Å². The number of aliphatic hydroxyl groups excluding tert-OH is 2. The molecule has 0 saturated carbocycles. The van der Waals surface area contributed by atoms with Crippen LogP contribution in [0.25, 0.3) is 6.08 Å². The lowest BCUT2D eigenvalue weighted by atomic mass is 9.91. The molecule has 0 bridgehead atoms. The second-order valence-corrected chi connectivity index (χ2v) is 6.18. The second kappa shape index (κ2) is 10.6. The Morgan fingerprint density at radius 3 is 1.71 bits per heavy atom. The minimum Gasteiger partial charge on any atom is -0.496 e. The Bertz CT molecular complexity index is 742. The van der Waals surface area contributed by atoms with E-state index in [1.54, 1.807) is 32.4 Å². The monoisotopic (exact) mass is 388 g/mol. The highest BCUT2D eigenvalue weighted by Gasteiger charge is 2.26. The number of methoxy groups -OCH3 is 4. The number of aliphatic hydroxyl groups is 2. The van der Waals surface area contributed by atoms with Crippen LogP contribution in [0.5, 0.6) is 23.0 Å². The molecular formula is C22H28O6. The highest BCUT2D eigenvalue weighted by Crippen LogP contribution is 2.38. The van der Waals surface area contributed by atoms with Gasteiger partial charge in [-0.05, 0) is 30.7 Å². The molecule has 2 rings (SSSR count). The molecule has 0 heterocycles. The molecule has 0 aliphatic heterocycles. The van der Waals surface area contributed by atoms with Crippen molar-refractivity contribution in [3.05, 3.63) is 53.6 Å². The quantitative estimate of drug-likeness (QED) is 0.649. The summed E-state index contributed by atoms with van der Waals surface area (Å²) in [5.74, 6) is 1.95. The maximum Gasteiger partial charge on any atom is 0.129 e. The van der Waals surface area contributed by atoms with E-state index in [0.29, 0.717) is 35.0 Å². The molecule has 2 aromatic carbocycles. The second-order valence-electron chi connectivity index (χ2n) is 6.18. The van der Waals surface area contributed by atoms with Gasteiger partial charge in [0.25, 0.3) is 0 Å². The molecule has 0 aromatic heterocycles. The third-order valence-electron chi connectivity index (χ3n) is 4.63. The lowest BCUT2D eigenvalue weighted by molar-refractivity contribution is 0.0646. The molecule has 28 heavy (non-hydrogen) atoms. The lowest BCUT2D eigenvalue weighted by Gasteiger charge is -2.23. The fourth-order valence-corrected chi connectivity index (χ4v) is 3.12. The molecule has 2 aromatic rings. The zero-order chi connectivity index (χ0) is 20.5. The van der Waals surface area contributed by atoms with Crippen LogP contribution in [-0.2, 0) is 0 Å². The van der Waals surface area contributed by atoms with Gasteiger partial charge in [0, 0.05) is 12.5 Å². The molecule has 0 saturated heterocycles. The van der Waals surface area contributed by atoms with Gasteiger partial charge < -0.3 is 29.2 Å². The van der Waals surface area contributed by atoms with Gasteiger partial charge in [0.1, 0.15) is 23.0 Å². The van der Waals surface area contributed by atoms with E-state index in [1.165, 1.54) is 14.2 Å². The Hall–Kier alpha value is -2.70. The van der Waals surface area contributed by atoms with Gasteiger partial charge in [-0.25, -0.2) is 0 Å². The van der Waals surface area contributed by atoms with Crippen LogP contribution < -0.4 is 18.9 Å². The van der Waals surface area contributed by atoms with E-state index in [2.05, 4.69) is 0 Å². The molecule has 0 aliphatic carbocycles. The zero-order valence-electron chi connectivity index (χ0n) is 16.7. The van der Waals surface area contributed by atoms with Crippen molar-refractivity contribution in [2.45, 2.75) is 12.5 Å². The van der Waals surface area contributed by atoms with Crippen molar-refractivity contribution in [2.75, 3.05) is 35.0 Å². The molecule has 0 radical (unpaired) electrons. The van der Waals surface area contributed by atoms with Crippen LogP contribution in [-0.4, -0.2) is 45.3 Å². The predicted molar refractivity (Wildman–Crippen MR) is 108 cm³/mol. The van der Waals surface area contributed by atoms with Crippen LogP contribution in [0.3, 0.4) is 0 Å². The Morgan fingerprint density at radius 2 is 1.29 bits per heavy atom. The van der Waals surface area contributed by atoms with Crippen LogP contribution in [0.1, 0.15) is 23.7 Å². The van der Waals surface area contributed by atoms with Crippen LogP contribution in [0, 0.1) is 5.92 Å². The van der Waals surface area contributed by atoms with E-state index in [4.69, 9.17) is 18.9 Å². The summed E-state index contributed by atoms with van der Waals surface area (Å²) < 4.78 is 21.5. The van der Waals surface area contributed by atoms with Gasteiger partial charge in [0.15, 0.2) is 0 Å². The minimum absolute atomic E-state index is 0.199. The smallest absolute Gasteiger partial charge is 0.129 e. The third kappa shape index (κ3) is 4.77. The molecule has 152 valence electrons. The summed E-state index contributed by atoms with van der Waals surface area (Å²) in [5, 5.41) is 20.8. The average Bonchev–Trinajstić information content (AvgIpc) is 2.75. The van der Waals surface area contributed by atoms with E-state index in [9.17, 15) is 10.2 Å². The van der Waals surface area contributed by atoms with Crippen LogP contribution in [0.4, 0.5) is 0 Å². The van der Waals surface area contributed by atoms with Crippen LogP contribution in [0.2, 0.25) is 0 Å². The molecule has 2 atom stereocenters. The van der Waals surface area contributed by atoms with Crippen molar-refractivity contribution in [1.82, 2.24) is 0 Å². The van der Waals surface area contributed by atoms with Crippen LogP contribution in [0.15, 0.2) is 42.5 Å². The molecule has 0 aliphatic rings. The first-order valence-corrected chi connectivity index (χ1v) is 8.98.